The molecule has 1 rings (SSSR count). The zero-order valence-corrected chi connectivity index (χ0v) is 8.06. The second kappa shape index (κ2) is 3.42. The van der Waals surface area contributed by atoms with Gasteiger partial charge in [-0.25, -0.2) is 0 Å². The molecule has 1 aliphatic rings. The molecule has 0 amide bonds. The van der Waals surface area contributed by atoms with Gasteiger partial charge in [0.05, 0.1) is 0 Å². The molecule has 1 unspecified atom stereocenters. The molecule has 0 nitrogen and oxygen atoms in total. The van der Waals surface area contributed by atoms with Gasteiger partial charge in [-0.1, -0.05) is 32.9 Å². The minimum absolute atomic E-state index is 0.801. The fraction of sp³-hybridized carbons (Fsp3) is 0.818. The number of hydrogen-bond acceptors (Lipinski definition) is 0. The Morgan fingerprint density at radius 2 is 2.00 bits per heavy atom. The third-order valence-corrected chi connectivity index (χ3v) is 2.91. The topological polar surface area (TPSA) is 0 Å². The highest BCUT2D eigenvalue weighted by atomic mass is 14.3. The monoisotopic (exact) mass is 152 g/mol. The molecule has 0 heteroatoms. The Morgan fingerprint density at radius 3 is 2.45 bits per heavy atom. The van der Waals surface area contributed by atoms with E-state index in [1.54, 1.807) is 0 Å². The van der Waals surface area contributed by atoms with Crippen LogP contribution in [0.5, 0.6) is 0 Å². The van der Waals surface area contributed by atoms with Crippen LogP contribution in [-0.4, -0.2) is 0 Å². The van der Waals surface area contributed by atoms with Crippen LogP contribution < -0.4 is 0 Å². The van der Waals surface area contributed by atoms with E-state index in [0.717, 1.165) is 17.8 Å². The van der Waals surface area contributed by atoms with Gasteiger partial charge in [0.1, 0.15) is 0 Å². The highest BCUT2D eigenvalue weighted by molar-refractivity contribution is 5.05. The molecule has 1 saturated carbocycles. The van der Waals surface area contributed by atoms with Gasteiger partial charge < -0.3 is 0 Å². The fourth-order valence-electron chi connectivity index (χ4n) is 2.17. The average Bonchev–Trinajstić information content (AvgIpc) is 1.85. The van der Waals surface area contributed by atoms with Crippen molar-refractivity contribution in [3.05, 3.63) is 12.2 Å². The Labute approximate surface area is 70.7 Å². The van der Waals surface area contributed by atoms with Gasteiger partial charge in [-0.15, -0.1) is 0 Å². The van der Waals surface area contributed by atoms with Crippen LogP contribution in [0.2, 0.25) is 0 Å². The number of allylic oxidation sites excluding steroid dienone is 1. The van der Waals surface area contributed by atoms with Crippen molar-refractivity contribution in [1.82, 2.24) is 0 Å². The maximum atomic E-state index is 4.17. The standard InChI is InChI=1S/C11H20/c1-8(2)11-6-5-9(3)7-10(11)4/h8-9,11H,4-7H2,1-3H3/t9-,11?/m1/s1. The Bertz CT molecular complexity index is 144. The van der Waals surface area contributed by atoms with Gasteiger partial charge in [-0.3, -0.25) is 0 Å². The van der Waals surface area contributed by atoms with E-state index in [0.29, 0.717) is 0 Å². The Balaban J connectivity index is 2.51. The van der Waals surface area contributed by atoms with Crippen molar-refractivity contribution < 1.29 is 0 Å². The summed E-state index contributed by atoms with van der Waals surface area (Å²) in [5.41, 5.74) is 1.50. The first-order chi connectivity index (χ1) is 5.11. The van der Waals surface area contributed by atoms with Crippen LogP contribution in [0, 0.1) is 17.8 Å². The third-order valence-electron chi connectivity index (χ3n) is 2.91. The predicted molar refractivity (Wildman–Crippen MR) is 50.5 cm³/mol. The van der Waals surface area contributed by atoms with Crippen molar-refractivity contribution in [3.8, 4) is 0 Å². The third kappa shape index (κ3) is 2.08. The molecular weight excluding hydrogens is 132 g/mol. The van der Waals surface area contributed by atoms with Crippen LogP contribution in [-0.2, 0) is 0 Å². The molecule has 0 radical (unpaired) electrons. The summed E-state index contributed by atoms with van der Waals surface area (Å²) in [5.74, 6) is 2.50. The molecule has 1 fully saturated rings. The summed E-state index contributed by atoms with van der Waals surface area (Å²) in [6.45, 7) is 11.1. The molecule has 0 saturated heterocycles. The highest BCUT2D eigenvalue weighted by Crippen LogP contribution is 2.36. The molecule has 0 spiro atoms. The van der Waals surface area contributed by atoms with Gasteiger partial charge in [0.2, 0.25) is 0 Å². The van der Waals surface area contributed by atoms with E-state index >= 15 is 0 Å². The maximum Gasteiger partial charge on any atom is -0.0183 e. The summed E-state index contributed by atoms with van der Waals surface area (Å²) in [6.07, 6.45) is 4.04. The zero-order chi connectivity index (χ0) is 8.43. The van der Waals surface area contributed by atoms with E-state index in [1.165, 1.54) is 24.8 Å². The van der Waals surface area contributed by atoms with Crippen molar-refractivity contribution in [3.63, 3.8) is 0 Å². The van der Waals surface area contributed by atoms with Gasteiger partial charge >= 0.3 is 0 Å². The predicted octanol–water partition coefficient (Wildman–Crippen LogP) is 3.63. The van der Waals surface area contributed by atoms with E-state index in [-0.39, 0.29) is 0 Å². The summed E-state index contributed by atoms with van der Waals surface area (Å²) in [4.78, 5) is 0. The minimum Gasteiger partial charge on any atom is -0.0996 e. The van der Waals surface area contributed by atoms with Crippen LogP contribution in [0.1, 0.15) is 40.0 Å². The van der Waals surface area contributed by atoms with Crippen molar-refractivity contribution >= 4 is 0 Å². The smallest absolute Gasteiger partial charge is 0.0183 e. The molecule has 2 atom stereocenters. The summed E-state index contributed by atoms with van der Waals surface area (Å²) in [6, 6.07) is 0. The first kappa shape index (κ1) is 8.83. The molecule has 1 aliphatic carbocycles. The highest BCUT2D eigenvalue weighted by Gasteiger charge is 2.23. The second-order valence-electron chi connectivity index (χ2n) is 4.40. The Kier molecular flexibility index (Phi) is 2.75. The quantitative estimate of drug-likeness (QED) is 0.503. The van der Waals surface area contributed by atoms with E-state index in [1.807, 2.05) is 0 Å². The largest absolute Gasteiger partial charge is 0.0996 e. The van der Waals surface area contributed by atoms with Gasteiger partial charge in [0, 0.05) is 0 Å². The van der Waals surface area contributed by atoms with Crippen LogP contribution >= 0.6 is 0 Å². The molecule has 64 valence electrons. The summed E-state index contributed by atoms with van der Waals surface area (Å²) < 4.78 is 0. The van der Waals surface area contributed by atoms with Crippen molar-refractivity contribution in [1.29, 1.82) is 0 Å². The zero-order valence-electron chi connectivity index (χ0n) is 8.06. The molecule has 0 aromatic carbocycles. The van der Waals surface area contributed by atoms with Gasteiger partial charge in [0.25, 0.3) is 0 Å². The van der Waals surface area contributed by atoms with Crippen LogP contribution in [0.3, 0.4) is 0 Å². The van der Waals surface area contributed by atoms with E-state index < -0.39 is 0 Å². The fourth-order valence-corrected chi connectivity index (χ4v) is 2.17. The molecule has 11 heavy (non-hydrogen) atoms. The lowest BCUT2D eigenvalue weighted by Crippen LogP contribution is -2.19. The maximum absolute atomic E-state index is 4.17. The Morgan fingerprint density at radius 1 is 1.36 bits per heavy atom. The lowest BCUT2D eigenvalue weighted by Gasteiger charge is -2.31. The molecule has 0 bridgehead atoms. The molecule has 0 aromatic rings. The van der Waals surface area contributed by atoms with Gasteiger partial charge in [0.15, 0.2) is 0 Å². The van der Waals surface area contributed by atoms with Crippen LogP contribution in [0.25, 0.3) is 0 Å². The Hall–Kier alpha value is -0.260. The lowest BCUT2D eigenvalue weighted by molar-refractivity contribution is 0.309. The van der Waals surface area contributed by atoms with Gasteiger partial charge in [-0.05, 0) is 37.0 Å². The van der Waals surface area contributed by atoms with Crippen molar-refractivity contribution in [2.75, 3.05) is 0 Å². The molecule has 0 heterocycles. The lowest BCUT2D eigenvalue weighted by atomic mass is 9.75. The SMILES string of the molecule is C=C1C[C@H](C)CCC1C(C)C. The van der Waals surface area contributed by atoms with E-state index in [9.17, 15) is 0 Å². The number of rotatable bonds is 1. The normalized spacial score (nSPS) is 32.9. The minimum atomic E-state index is 0.801. The molecule has 0 aliphatic heterocycles. The van der Waals surface area contributed by atoms with Crippen LogP contribution in [0.15, 0.2) is 12.2 Å². The van der Waals surface area contributed by atoms with E-state index in [2.05, 4.69) is 27.4 Å². The molecule has 0 N–H and O–H groups in total. The van der Waals surface area contributed by atoms with Crippen LogP contribution in [0.4, 0.5) is 0 Å². The van der Waals surface area contributed by atoms with Crippen molar-refractivity contribution in [2.24, 2.45) is 17.8 Å². The van der Waals surface area contributed by atoms with E-state index in [4.69, 9.17) is 0 Å². The van der Waals surface area contributed by atoms with Gasteiger partial charge in [-0.2, -0.15) is 0 Å². The number of hydrogen-bond donors (Lipinski definition) is 0. The average molecular weight is 152 g/mol. The first-order valence-corrected chi connectivity index (χ1v) is 4.79. The first-order valence-electron chi connectivity index (χ1n) is 4.79. The summed E-state index contributed by atoms with van der Waals surface area (Å²) >= 11 is 0. The van der Waals surface area contributed by atoms with Crippen molar-refractivity contribution in [2.45, 2.75) is 40.0 Å². The summed E-state index contributed by atoms with van der Waals surface area (Å²) in [7, 11) is 0. The summed E-state index contributed by atoms with van der Waals surface area (Å²) in [5, 5.41) is 0. The molecular formula is C11H20. The second-order valence-corrected chi connectivity index (χ2v) is 4.40. The molecule has 0 aromatic heterocycles.